The van der Waals surface area contributed by atoms with Gasteiger partial charge in [0.1, 0.15) is 5.56 Å². The van der Waals surface area contributed by atoms with Crippen LogP contribution < -0.4 is 4.74 Å². The molecule has 0 spiro atoms. The van der Waals surface area contributed by atoms with Gasteiger partial charge in [0.25, 0.3) is 0 Å². The summed E-state index contributed by atoms with van der Waals surface area (Å²) in [5.41, 5.74) is 0.0831. The van der Waals surface area contributed by atoms with Crippen LogP contribution >= 0.6 is 0 Å². The summed E-state index contributed by atoms with van der Waals surface area (Å²) >= 11 is 0. The summed E-state index contributed by atoms with van der Waals surface area (Å²) < 4.78 is 10.0. The number of nitrogens with zero attached hydrogens (tertiary/aromatic N) is 1. The molecule has 1 N–H and O–H groups in total. The molecule has 0 saturated heterocycles. The Balaban J connectivity index is 2.69. The molecule has 0 amide bonds. The van der Waals surface area contributed by atoms with Gasteiger partial charge >= 0.3 is 5.97 Å². The molecule has 14 heavy (non-hydrogen) atoms. The highest BCUT2D eigenvalue weighted by atomic mass is 16.7. The van der Waals surface area contributed by atoms with Gasteiger partial charge in [-0.25, -0.2) is 4.79 Å². The van der Waals surface area contributed by atoms with Gasteiger partial charge in [-0.15, -0.1) is 0 Å². The number of carbonyl (C=O) groups is 1. The fraction of sp³-hybridized carbons (Fsp3) is 0.333. The molecule has 1 aromatic heterocycles. The third-order valence-electron chi connectivity index (χ3n) is 1.52. The molecule has 0 bridgehead atoms. The van der Waals surface area contributed by atoms with Crippen LogP contribution in [0.5, 0.6) is 5.75 Å². The van der Waals surface area contributed by atoms with Gasteiger partial charge in [-0.05, 0) is 13.0 Å². The van der Waals surface area contributed by atoms with Crippen LogP contribution in [0.15, 0.2) is 18.5 Å². The lowest BCUT2D eigenvalue weighted by molar-refractivity contribution is 0.0211. The topological polar surface area (TPSA) is 68.7 Å². The van der Waals surface area contributed by atoms with Crippen LogP contribution in [0.25, 0.3) is 0 Å². The minimum Gasteiger partial charge on any atom is -0.478 e. The summed E-state index contributed by atoms with van der Waals surface area (Å²) in [6.45, 7) is 2.37. The molecule has 0 aliphatic carbocycles. The molecule has 76 valence electrons. The standard InChI is InChI=1S/C9H11NO4/c1-2-13-6-14-8-5-10-4-3-7(8)9(11)12/h3-5H,2,6H2,1H3,(H,11,12). The van der Waals surface area contributed by atoms with Crippen LogP contribution in [0.4, 0.5) is 0 Å². The van der Waals surface area contributed by atoms with Crippen LogP contribution in [0.3, 0.4) is 0 Å². The highest BCUT2D eigenvalue weighted by molar-refractivity contribution is 5.90. The van der Waals surface area contributed by atoms with Gasteiger partial charge in [0, 0.05) is 12.8 Å². The van der Waals surface area contributed by atoms with Crippen molar-refractivity contribution in [2.24, 2.45) is 0 Å². The zero-order valence-corrected chi connectivity index (χ0v) is 7.77. The molecule has 0 fully saturated rings. The molecule has 0 aliphatic heterocycles. The molecule has 0 radical (unpaired) electrons. The van der Waals surface area contributed by atoms with Crippen molar-refractivity contribution in [2.45, 2.75) is 6.92 Å². The SMILES string of the molecule is CCOCOc1cnccc1C(=O)O. The van der Waals surface area contributed by atoms with E-state index in [2.05, 4.69) is 4.98 Å². The Bertz CT molecular complexity index is 313. The zero-order valence-electron chi connectivity index (χ0n) is 7.77. The van der Waals surface area contributed by atoms with Crippen LogP contribution in [0.2, 0.25) is 0 Å². The first-order valence-electron chi connectivity index (χ1n) is 4.13. The third-order valence-corrected chi connectivity index (χ3v) is 1.52. The van der Waals surface area contributed by atoms with E-state index >= 15 is 0 Å². The monoisotopic (exact) mass is 197 g/mol. The maximum Gasteiger partial charge on any atom is 0.339 e. The maximum absolute atomic E-state index is 10.7. The maximum atomic E-state index is 10.7. The van der Waals surface area contributed by atoms with E-state index in [1.54, 1.807) is 0 Å². The van der Waals surface area contributed by atoms with Crippen LogP contribution in [-0.2, 0) is 4.74 Å². The lowest BCUT2D eigenvalue weighted by atomic mass is 10.2. The first-order valence-corrected chi connectivity index (χ1v) is 4.13. The second kappa shape index (κ2) is 5.18. The number of carboxylic acid groups (broad SMARTS) is 1. The van der Waals surface area contributed by atoms with E-state index in [-0.39, 0.29) is 18.1 Å². The number of rotatable bonds is 5. The van der Waals surface area contributed by atoms with Crippen LogP contribution in [0, 0.1) is 0 Å². The van der Waals surface area contributed by atoms with Gasteiger partial charge in [-0.1, -0.05) is 0 Å². The third kappa shape index (κ3) is 2.70. The number of carboxylic acids is 1. The van der Waals surface area contributed by atoms with Gasteiger partial charge in [0.05, 0.1) is 6.20 Å². The Morgan fingerprint density at radius 3 is 3.07 bits per heavy atom. The average Bonchev–Trinajstić information content (AvgIpc) is 2.19. The van der Waals surface area contributed by atoms with Gasteiger partial charge < -0.3 is 14.6 Å². The number of ether oxygens (including phenoxy) is 2. The van der Waals surface area contributed by atoms with E-state index in [0.717, 1.165) is 0 Å². The second-order valence-electron chi connectivity index (χ2n) is 2.43. The largest absolute Gasteiger partial charge is 0.478 e. The van der Waals surface area contributed by atoms with Crippen molar-refractivity contribution in [1.29, 1.82) is 0 Å². The van der Waals surface area contributed by atoms with Gasteiger partial charge in [0.15, 0.2) is 12.5 Å². The fourth-order valence-corrected chi connectivity index (χ4v) is 0.860. The minimum atomic E-state index is -1.04. The highest BCUT2D eigenvalue weighted by Gasteiger charge is 2.10. The summed E-state index contributed by atoms with van der Waals surface area (Å²) in [4.78, 5) is 14.5. The van der Waals surface area contributed by atoms with E-state index in [1.807, 2.05) is 6.92 Å². The van der Waals surface area contributed by atoms with Gasteiger partial charge in [-0.2, -0.15) is 0 Å². The molecule has 0 aliphatic rings. The average molecular weight is 197 g/mol. The molecule has 1 heterocycles. The van der Waals surface area contributed by atoms with Crippen LogP contribution in [-0.4, -0.2) is 29.5 Å². The molecule has 0 aromatic carbocycles. The first-order chi connectivity index (χ1) is 6.75. The second-order valence-corrected chi connectivity index (χ2v) is 2.43. The number of aromatic nitrogens is 1. The number of hydrogen-bond donors (Lipinski definition) is 1. The summed E-state index contributed by atoms with van der Waals surface area (Å²) in [7, 11) is 0. The zero-order chi connectivity index (χ0) is 10.4. The molecule has 5 nitrogen and oxygen atoms in total. The summed E-state index contributed by atoms with van der Waals surface area (Å²) in [6.07, 6.45) is 2.75. The van der Waals surface area contributed by atoms with Crippen molar-refractivity contribution in [2.75, 3.05) is 13.4 Å². The Morgan fingerprint density at radius 2 is 2.43 bits per heavy atom. The number of aromatic carboxylic acids is 1. The Hall–Kier alpha value is -1.62. The predicted molar refractivity (Wildman–Crippen MR) is 48.3 cm³/mol. The molecule has 5 heteroatoms. The normalized spacial score (nSPS) is 9.79. The molecule has 0 unspecified atom stereocenters. The molecule has 1 rings (SSSR count). The van der Waals surface area contributed by atoms with Crippen molar-refractivity contribution in [1.82, 2.24) is 4.98 Å². The lowest BCUT2D eigenvalue weighted by Gasteiger charge is -2.07. The Morgan fingerprint density at radius 1 is 1.64 bits per heavy atom. The minimum absolute atomic E-state index is 0.0302. The summed E-state index contributed by atoms with van der Waals surface area (Å²) in [5.74, 6) is -0.827. The van der Waals surface area contributed by atoms with E-state index < -0.39 is 5.97 Å². The predicted octanol–water partition coefficient (Wildman–Crippen LogP) is 1.15. The molecular weight excluding hydrogens is 186 g/mol. The fourth-order valence-electron chi connectivity index (χ4n) is 0.860. The number of pyridine rings is 1. The van der Waals surface area contributed by atoms with Crippen molar-refractivity contribution in [3.05, 3.63) is 24.0 Å². The molecule has 1 aromatic rings. The highest BCUT2D eigenvalue weighted by Crippen LogP contribution is 2.15. The number of hydrogen-bond acceptors (Lipinski definition) is 4. The Kier molecular flexibility index (Phi) is 3.87. The summed E-state index contributed by atoms with van der Waals surface area (Å²) in [6, 6.07) is 1.38. The summed E-state index contributed by atoms with van der Waals surface area (Å²) in [5, 5.41) is 8.77. The van der Waals surface area contributed by atoms with Gasteiger partial charge in [-0.3, -0.25) is 4.98 Å². The molecular formula is C9H11NO4. The lowest BCUT2D eigenvalue weighted by Crippen LogP contribution is -2.07. The molecule has 0 atom stereocenters. The van der Waals surface area contributed by atoms with E-state index in [4.69, 9.17) is 14.6 Å². The van der Waals surface area contributed by atoms with Crippen molar-refractivity contribution in [3.63, 3.8) is 0 Å². The van der Waals surface area contributed by atoms with Crippen LogP contribution in [0.1, 0.15) is 17.3 Å². The first kappa shape index (κ1) is 10.5. The smallest absolute Gasteiger partial charge is 0.339 e. The quantitative estimate of drug-likeness (QED) is 0.566. The van der Waals surface area contributed by atoms with E-state index in [0.29, 0.717) is 6.61 Å². The van der Waals surface area contributed by atoms with Crippen molar-refractivity contribution in [3.8, 4) is 5.75 Å². The van der Waals surface area contributed by atoms with Crippen molar-refractivity contribution >= 4 is 5.97 Å². The Labute approximate surface area is 81.3 Å². The van der Waals surface area contributed by atoms with E-state index in [1.165, 1.54) is 18.5 Å². The van der Waals surface area contributed by atoms with E-state index in [9.17, 15) is 4.79 Å². The molecule has 0 saturated carbocycles. The van der Waals surface area contributed by atoms with Crippen molar-refractivity contribution < 1.29 is 19.4 Å². The van der Waals surface area contributed by atoms with Gasteiger partial charge in [0.2, 0.25) is 0 Å².